The summed E-state index contributed by atoms with van der Waals surface area (Å²) in [5, 5.41) is 9.42. The predicted molar refractivity (Wildman–Crippen MR) is 166 cm³/mol. The van der Waals surface area contributed by atoms with Crippen molar-refractivity contribution < 1.29 is 4.68 Å². The van der Waals surface area contributed by atoms with Crippen LogP contribution in [-0.4, -0.2) is 23.7 Å². The van der Waals surface area contributed by atoms with E-state index in [0.717, 1.165) is 25.1 Å². The summed E-state index contributed by atoms with van der Waals surface area (Å²) in [6, 6.07) is 17.2. The van der Waals surface area contributed by atoms with Gasteiger partial charge in [0, 0.05) is 29.1 Å². The third-order valence-electron chi connectivity index (χ3n) is 9.18. The Hall–Kier alpha value is -3.93. The molecule has 6 rings (SSSR count). The van der Waals surface area contributed by atoms with Gasteiger partial charge in [0.15, 0.2) is 12.7 Å². The van der Waals surface area contributed by atoms with Crippen molar-refractivity contribution in [2.45, 2.75) is 91.0 Å². The smallest absolute Gasteiger partial charge is 0.199 e. The van der Waals surface area contributed by atoms with Gasteiger partial charge in [0.2, 0.25) is 0 Å². The van der Waals surface area contributed by atoms with Gasteiger partial charge in [-0.3, -0.25) is 0 Å². The molecule has 0 spiro atoms. The first-order valence-corrected chi connectivity index (χ1v) is 14.8. The molecule has 6 nitrogen and oxygen atoms in total. The minimum Gasteiger partial charge on any atom is -0.241 e. The van der Waals surface area contributed by atoms with Crippen LogP contribution in [0.1, 0.15) is 82.3 Å². The van der Waals surface area contributed by atoms with Crippen molar-refractivity contribution >= 4 is 16.6 Å². The van der Waals surface area contributed by atoms with Gasteiger partial charge in [-0.2, -0.15) is 10.2 Å². The molecule has 6 heteroatoms. The number of hydrogen-bond acceptors (Lipinski definition) is 2. The number of fused-ring (bicyclic) bond motifs is 3. The van der Waals surface area contributed by atoms with E-state index in [9.17, 15) is 0 Å². The molecule has 0 N–H and O–H groups in total. The highest BCUT2D eigenvalue weighted by molar-refractivity contribution is 5.62. The van der Waals surface area contributed by atoms with E-state index in [1.165, 1.54) is 38.8 Å². The molecule has 0 aliphatic carbocycles. The lowest BCUT2D eigenvalue weighted by atomic mass is 9.73. The molecule has 0 fully saturated rings. The molecule has 0 unspecified atom stereocenters. The van der Waals surface area contributed by atoms with Crippen LogP contribution in [0.3, 0.4) is 0 Å². The van der Waals surface area contributed by atoms with Crippen molar-refractivity contribution in [2.75, 3.05) is 0 Å². The summed E-state index contributed by atoms with van der Waals surface area (Å²) < 4.78 is 8.75. The first-order chi connectivity index (χ1) is 19.4. The Morgan fingerprint density at radius 3 is 2.10 bits per heavy atom. The average molecular weight is 548 g/mol. The molecule has 0 aliphatic heterocycles. The number of hydrogen-bond donors (Lipinski definition) is 0. The summed E-state index contributed by atoms with van der Waals surface area (Å²) in [7, 11) is 0. The lowest BCUT2D eigenvalue weighted by Gasteiger charge is -2.31. The molecule has 0 amide bonds. The van der Waals surface area contributed by atoms with Crippen LogP contribution in [0.15, 0.2) is 79.5 Å². The number of rotatable bonds is 8. The molecule has 0 aliphatic rings. The largest absolute Gasteiger partial charge is 0.241 e. The second kappa shape index (κ2) is 9.57. The Labute approximate surface area is 243 Å². The zero-order valence-corrected chi connectivity index (χ0v) is 25.8. The molecule has 0 radical (unpaired) electrons. The summed E-state index contributed by atoms with van der Waals surface area (Å²) in [6.45, 7) is 19.4. The number of aryl methyl sites for hydroxylation is 2. The standard InChI is InChI=1S/C35H43N6/c1-25-23-38(24-35(7,8)31-26(2)37-40-20-12-10-16-30(31)40)41-21-13-14-27(32(25)41)33(3,4)17-18-34(5,6)28-22-36-39-19-11-9-15-29(28)39/h9-16,19-23H,17-18,24H2,1-8H3/q+1. The fourth-order valence-electron chi connectivity index (χ4n) is 6.91. The van der Waals surface area contributed by atoms with E-state index in [0.29, 0.717) is 0 Å². The quantitative estimate of drug-likeness (QED) is 0.190. The topological polar surface area (TPSA) is 42.9 Å². The minimum absolute atomic E-state index is 0.00175. The molecule has 6 aromatic rings. The maximum atomic E-state index is 4.81. The molecule has 6 heterocycles. The second-order valence-corrected chi connectivity index (χ2v) is 13.8. The fraction of sp³-hybridized carbons (Fsp3) is 0.400. The Morgan fingerprint density at radius 2 is 1.37 bits per heavy atom. The van der Waals surface area contributed by atoms with Crippen LogP contribution in [0.2, 0.25) is 0 Å². The van der Waals surface area contributed by atoms with Gasteiger partial charge in [-0.25, -0.2) is 9.03 Å². The average Bonchev–Trinajstić information content (AvgIpc) is 3.60. The first-order valence-electron chi connectivity index (χ1n) is 14.8. The third kappa shape index (κ3) is 4.63. The molecule has 6 aromatic heterocycles. The Bertz CT molecular complexity index is 1880. The SMILES string of the molecule is Cc1nn2ccccc2c1C(C)(C)C[n+]1cc(C)c2c(C(C)(C)CCC(C)(C)c3cnn4ccccc34)cccn21. The van der Waals surface area contributed by atoms with Crippen molar-refractivity contribution in [3.8, 4) is 0 Å². The van der Waals surface area contributed by atoms with E-state index in [1.54, 1.807) is 0 Å². The summed E-state index contributed by atoms with van der Waals surface area (Å²) in [4.78, 5) is 0. The van der Waals surface area contributed by atoms with E-state index >= 15 is 0 Å². The molecule has 212 valence electrons. The lowest BCUT2D eigenvalue weighted by Crippen LogP contribution is -2.47. The first kappa shape index (κ1) is 27.3. The van der Waals surface area contributed by atoms with Crippen molar-refractivity contribution in [3.63, 3.8) is 0 Å². The molecule has 41 heavy (non-hydrogen) atoms. The van der Waals surface area contributed by atoms with Crippen LogP contribution in [0.4, 0.5) is 0 Å². The summed E-state index contributed by atoms with van der Waals surface area (Å²) >= 11 is 0. The highest BCUT2D eigenvalue weighted by Crippen LogP contribution is 2.39. The molecule has 0 bridgehead atoms. The van der Waals surface area contributed by atoms with Gasteiger partial charge in [-0.05, 0) is 87.3 Å². The van der Waals surface area contributed by atoms with Crippen LogP contribution in [0.25, 0.3) is 16.6 Å². The van der Waals surface area contributed by atoms with Gasteiger partial charge in [0.05, 0.1) is 34.5 Å². The minimum atomic E-state index is -0.109. The molecule has 0 saturated carbocycles. The Balaban J connectivity index is 1.31. The van der Waals surface area contributed by atoms with Crippen molar-refractivity contribution in [2.24, 2.45) is 0 Å². The zero-order chi connectivity index (χ0) is 29.2. The number of aromatic nitrogens is 6. The van der Waals surface area contributed by atoms with Crippen LogP contribution in [0, 0.1) is 13.8 Å². The van der Waals surface area contributed by atoms with Gasteiger partial charge >= 0.3 is 0 Å². The van der Waals surface area contributed by atoms with Crippen LogP contribution in [0.5, 0.6) is 0 Å². The second-order valence-electron chi connectivity index (χ2n) is 13.8. The molecular formula is C35H43N6+. The summed E-state index contributed by atoms with van der Waals surface area (Å²) in [6.07, 6.45) is 12.8. The maximum Gasteiger partial charge on any atom is 0.199 e. The van der Waals surface area contributed by atoms with Crippen LogP contribution < -0.4 is 4.68 Å². The van der Waals surface area contributed by atoms with Crippen molar-refractivity contribution in [1.82, 2.24) is 23.7 Å². The molecular weight excluding hydrogens is 504 g/mol. The Morgan fingerprint density at radius 1 is 0.707 bits per heavy atom. The van der Waals surface area contributed by atoms with Crippen molar-refractivity contribution in [1.29, 1.82) is 0 Å². The van der Waals surface area contributed by atoms with Gasteiger partial charge in [-0.1, -0.05) is 45.9 Å². The third-order valence-corrected chi connectivity index (χ3v) is 9.18. The number of pyridine rings is 3. The van der Waals surface area contributed by atoms with Gasteiger partial charge < -0.3 is 0 Å². The van der Waals surface area contributed by atoms with Gasteiger partial charge in [0.1, 0.15) is 5.52 Å². The molecule has 0 saturated heterocycles. The van der Waals surface area contributed by atoms with Crippen molar-refractivity contribution in [3.05, 3.63) is 107 Å². The highest BCUT2D eigenvalue weighted by atomic mass is 15.4. The number of nitrogens with zero attached hydrogens (tertiary/aromatic N) is 6. The highest BCUT2D eigenvalue weighted by Gasteiger charge is 2.35. The van der Waals surface area contributed by atoms with E-state index in [4.69, 9.17) is 5.10 Å². The normalized spacial score (nSPS) is 13.2. The summed E-state index contributed by atoms with van der Waals surface area (Å²) in [5.41, 5.74) is 10.0. The fourth-order valence-corrected chi connectivity index (χ4v) is 6.91. The van der Waals surface area contributed by atoms with E-state index in [1.807, 2.05) is 33.6 Å². The van der Waals surface area contributed by atoms with Crippen LogP contribution >= 0.6 is 0 Å². The van der Waals surface area contributed by atoms with Crippen LogP contribution in [-0.2, 0) is 22.8 Å². The summed E-state index contributed by atoms with van der Waals surface area (Å²) in [5.74, 6) is 0. The molecule has 0 atom stereocenters. The monoisotopic (exact) mass is 547 g/mol. The van der Waals surface area contributed by atoms with Gasteiger partial charge in [-0.15, -0.1) is 9.20 Å². The van der Waals surface area contributed by atoms with E-state index in [-0.39, 0.29) is 16.2 Å². The Kier molecular flexibility index (Phi) is 6.36. The lowest BCUT2D eigenvalue weighted by molar-refractivity contribution is -0.766. The van der Waals surface area contributed by atoms with E-state index < -0.39 is 0 Å². The van der Waals surface area contributed by atoms with E-state index in [2.05, 4.69) is 125 Å². The zero-order valence-electron chi connectivity index (χ0n) is 25.8. The predicted octanol–water partition coefficient (Wildman–Crippen LogP) is 7.15. The molecule has 0 aromatic carbocycles. The van der Waals surface area contributed by atoms with Gasteiger partial charge in [0.25, 0.3) is 0 Å². The maximum absolute atomic E-state index is 4.81.